The quantitative estimate of drug-likeness (QED) is 0.280. The molecule has 0 fully saturated rings. The van der Waals surface area contributed by atoms with Gasteiger partial charge >= 0.3 is 11.9 Å². The Hall–Kier alpha value is -1.23. The largest absolute Gasteiger partial charge is 0.481 e. The number of unbranched alkanes of at least 4 members (excludes halogenated alkanes) is 2. The van der Waals surface area contributed by atoms with E-state index < -0.39 is 33.7 Å². The van der Waals surface area contributed by atoms with Crippen molar-refractivity contribution in [2.75, 3.05) is 6.54 Å². The Labute approximate surface area is 123 Å². The Morgan fingerprint density at radius 3 is 1.95 bits per heavy atom. The second kappa shape index (κ2) is 11.4. The van der Waals surface area contributed by atoms with Crippen molar-refractivity contribution in [3.8, 4) is 0 Å². The molecule has 0 heterocycles. The lowest BCUT2D eigenvalue weighted by Gasteiger charge is -2.04. The molecule has 0 amide bonds. The van der Waals surface area contributed by atoms with Gasteiger partial charge in [-0.3, -0.25) is 14.1 Å². The van der Waals surface area contributed by atoms with E-state index in [0.717, 1.165) is 12.8 Å². The third kappa shape index (κ3) is 13.5. The van der Waals surface area contributed by atoms with E-state index in [1.165, 1.54) is 12.8 Å². The molecule has 0 aliphatic rings. The molecular formula is C11H23NO8S. The number of carboxylic acids is 2. The van der Waals surface area contributed by atoms with Gasteiger partial charge in [0.25, 0.3) is 10.1 Å². The maximum atomic E-state index is 10.2. The first-order chi connectivity index (χ1) is 9.56. The molecule has 0 aliphatic heterocycles. The zero-order valence-corrected chi connectivity index (χ0v) is 12.6. The molecule has 2 unspecified atom stereocenters. The van der Waals surface area contributed by atoms with Gasteiger partial charge in [-0.05, 0) is 6.42 Å². The molecule has 0 saturated heterocycles. The molecular weight excluding hydrogens is 306 g/mol. The third-order valence-electron chi connectivity index (χ3n) is 2.41. The van der Waals surface area contributed by atoms with E-state index in [9.17, 15) is 18.0 Å². The topological polar surface area (TPSA) is 175 Å². The number of aliphatic hydroxyl groups excluding tert-OH is 1. The Bertz CT molecular complexity index is 408. The van der Waals surface area contributed by atoms with Crippen LogP contribution in [-0.2, 0) is 19.7 Å². The molecule has 6 N–H and O–H groups in total. The van der Waals surface area contributed by atoms with Gasteiger partial charge in [0.15, 0.2) is 5.25 Å². The van der Waals surface area contributed by atoms with Crippen LogP contribution in [0.4, 0.5) is 0 Å². The molecule has 0 aliphatic carbocycles. The minimum absolute atomic E-state index is 0.267. The second-order valence-electron chi connectivity index (χ2n) is 4.33. The fourth-order valence-corrected chi connectivity index (χ4v) is 1.83. The second-order valence-corrected chi connectivity index (χ2v) is 5.92. The SMILES string of the molecule is CCCCCC(O)CN.O=C(O)CC(C(=O)O)S(=O)(=O)O. The summed E-state index contributed by atoms with van der Waals surface area (Å²) in [6.07, 6.45) is 2.96. The van der Waals surface area contributed by atoms with E-state index in [-0.39, 0.29) is 6.10 Å². The molecule has 21 heavy (non-hydrogen) atoms. The molecule has 0 bridgehead atoms. The summed E-state index contributed by atoms with van der Waals surface area (Å²) < 4.78 is 28.7. The third-order valence-corrected chi connectivity index (χ3v) is 3.50. The van der Waals surface area contributed by atoms with Gasteiger partial charge in [-0.25, -0.2) is 0 Å². The lowest BCUT2D eigenvalue weighted by Crippen LogP contribution is -2.31. The highest BCUT2D eigenvalue weighted by Gasteiger charge is 2.33. The Kier molecular flexibility index (Phi) is 12.0. The number of hydrogen-bond donors (Lipinski definition) is 5. The lowest BCUT2D eigenvalue weighted by atomic mass is 10.1. The predicted octanol–water partition coefficient (Wildman–Crippen LogP) is -0.312. The Morgan fingerprint density at radius 1 is 1.19 bits per heavy atom. The van der Waals surface area contributed by atoms with Gasteiger partial charge in [0.1, 0.15) is 0 Å². The van der Waals surface area contributed by atoms with Gasteiger partial charge in [0.2, 0.25) is 0 Å². The van der Waals surface area contributed by atoms with Crippen LogP contribution in [-0.4, -0.2) is 58.1 Å². The summed E-state index contributed by atoms with van der Waals surface area (Å²) in [4.78, 5) is 20.0. The van der Waals surface area contributed by atoms with Crippen molar-refractivity contribution >= 4 is 22.1 Å². The average molecular weight is 329 g/mol. The van der Waals surface area contributed by atoms with Crippen LogP contribution in [0.3, 0.4) is 0 Å². The summed E-state index contributed by atoms with van der Waals surface area (Å²) >= 11 is 0. The van der Waals surface area contributed by atoms with Crippen LogP contribution in [0.2, 0.25) is 0 Å². The number of aliphatic carboxylic acids is 2. The highest BCUT2D eigenvalue weighted by atomic mass is 32.2. The molecule has 0 saturated carbocycles. The average Bonchev–Trinajstić information content (AvgIpc) is 2.35. The summed E-state index contributed by atoms with van der Waals surface area (Å²) in [6.45, 7) is 2.55. The van der Waals surface area contributed by atoms with Crippen molar-refractivity contribution in [2.45, 2.75) is 50.4 Å². The minimum Gasteiger partial charge on any atom is -0.481 e. The van der Waals surface area contributed by atoms with E-state index in [0.29, 0.717) is 6.54 Å². The maximum Gasteiger partial charge on any atom is 0.325 e. The lowest BCUT2D eigenvalue weighted by molar-refractivity contribution is -0.143. The molecule has 0 spiro atoms. The van der Waals surface area contributed by atoms with Gasteiger partial charge in [-0.15, -0.1) is 0 Å². The van der Waals surface area contributed by atoms with Gasteiger partial charge in [-0.2, -0.15) is 8.42 Å². The summed E-state index contributed by atoms with van der Waals surface area (Å²) in [7, 11) is -4.84. The predicted molar refractivity (Wildman–Crippen MR) is 74.4 cm³/mol. The van der Waals surface area contributed by atoms with Crippen LogP contribution in [0.5, 0.6) is 0 Å². The number of carbonyl (C=O) groups is 2. The molecule has 0 aromatic rings. The van der Waals surface area contributed by atoms with Crippen molar-refractivity contribution < 1.29 is 37.9 Å². The van der Waals surface area contributed by atoms with Crippen LogP contribution in [0.1, 0.15) is 39.0 Å². The highest BCUT2D eigenvalue weighted by molar-refractivity contribution is 7.87. The van der Waals surface area contributed by atoms with Crippen molar-refractivity contribution in [1.29, 1.82) is 0 Å². The van der Waals surface area contributed by atoms with Gasteiger partial charge < -0.3 is 21.1 Å². The van der Waals surface area contributed by atoms with E-state index in [2.05, 4.69) is 6.92 Å². The van der Waals surface area contributed by atoms with Crippen LogP contribution in [0, 0.1) is 0 Å². The molecule has 2 atom stereocenters. The van der Waals surface area contributed by atoms with E-state index in [1.807, 2.05) is 0 Å². The van der Waals surface area contributed by atoms with E-state index in [4.69, 9.17) is 25.6 Å². The van der Waals surface area contributed by atoms with Crippen molar-refractivity contribution in [1.82, 2.24) is 0 Å². The number of nitrogens with two attached hydrogens (primary N) is 1. The van der Waals surface area contributed by atoms with Gasteiger partial charge in [-0.1, -0.05) is 26.2 Å². The van der Waals surface area contributed by atoms with E-state index in [1.54, 1.807) is 0 Å². The summed E-state index contributed by atoms with van der Waals surface area (Å²) in [5.41, 5.74) is 5.20. The first kappa shape index (κ1) is 22.1. The first-order valence-electron chi connectivity index (χ1n) is 6.35. The number of carboxylic acid groups (broad SMARTS) is 2. The van der Waals surface area contributed by atoms with Crippen molar-refractivity contribution in [3.05, 3.63) is 0 Å². The molecule has 126 valence electrons. The number of aliphatic hydroxyl groups is 1. The van der Waals surface area contributed by atoms with Crippen LogP contribution in [0.15, 0.2) is 0 Å². The van der Waals surface area contributed by atoms with Crippen molar-refractivity contribution in [2.24, 2.45) is 5.73 Å². The molecule has 0 radical (unpaired) electrons. The number of hydrogen-bond acceptors (Lipinski definition) is 6. The maximum absolute atomic E-state index is 10.2. The van der Waals surface area contributed by atoms with Crippen LogP contribution < -0.4 is 5.73 Å². The first-order valence-corrected chi connectivity index (χ1v) is 7.85. The summed E-state index contributed by atoms with van der Waals surface area (Å²) in [5.74, 6) is -3.50. The Morgan fingerprint density at radius 2 is 1.71 bits per heavy atom. The fraction of sp³-hybridized carbons (Fsp3) is 0.818. The van der Waals surface area contributed by atoms with Crippen LogP contribution >= 0.6 is 0 Å². The normalized spacial score (nSPS) is 13.7. The monoisotopic (exact) mass is 329 g/mol. The molecule has 0 rings (SSSR count). The Balaban J connectivity index is 0. The molecule has 9 nitrogen and oxygen atoms in total. The van der Waals surface area contributed by atoms with Gasteiger partial charge in [0, 0.05) is 6.54 Å². The molecule has 0 aromatic heterocycles. The smallest absolute Gasteiger partial charge is 0.325 e. The van der Waals surface area contributed by atoms with E-state index >= 15 is 0 Å². The number of rotatable bonds is 9. The zero-order valence-electron chi connectivity index (χ0n) is 11.8. The van der Waals surface area contributed by atoms with Crippen LogP contribution in [0.25, 0.3) is 0 Å². The molecule has 0 aromatic carbocycles. The molecule has 10 heteroatoms. The fourth-order valence-electron chi connectivity index (χ4n) is 1.23. The summed E-state index contributed by atoms with van der Waals surface area (Å²) in [6, 6.07) is 0. The van der Waals surface area contributed by atoms with Gasteiger partial charge in [0.05, 0.1) is 12.5 Å². The summed E-state index contributed by atoms with van der Waals surface area (Å²) in [5, 5.41) is 22.9. The standard InChI is InChI=1S/C7H17NO.C4H6O7S/c1-2-3-4-5-7(9)6-8;5-3(6)1-2(4(7)8)12(9,10)11/h7,9H,2-6,8H2,1H3;2H,1H2,(H,5,6)(H,7,8)(H,9,10,11). The zero-order chi connectivity index (χ0) is 17.1. The minimum atomic E-state index is -4.84. The highest BCUT2D eigenvalue weighted by Crippen LogP contribution is 2.04. The van der Waals surface area contributed by atoms with Crippen molar-refractivity contribution in [3.63, 3.8) is 0 Å².